The summed E-state index contributed by atoms with van der Waals surface area (Å²) in [4.78, 5) is 4.33. The quantitative estimate of drug-likeness (QED) is 0.777. The van der Waals surface area contributed by atoms with Gasteiger partial charge in [0, 0.05) is 37.3 Å². The fraction of sp³-hybridized carbons (Fsp3) is 0.421. The second kappa shape index (κ2) is 7.84. The van der Waals surface area contributed by atoms with Crippen LogP contribution in [0.2, 0.25) is 0 Å². The Bertz CT molecular complexity index is 910. The van der Waals surface area contributed by atoms with Gasteiger partial charge in [0.05, 0.1) is 30.9 Å². The second-order valence-electron chi connectivity index (χ2n) is 6.72. The van der Waals surface area contributed by atoms with Gasteiger partial charge >= 0.3 is 0 Å². The van der Waals surface area contributed by atoms with Gasteiger partial charge in [0.15, 0.2) is 0 Å². The first-order chi connectivity index (χ1) is 13.1. The van der Waals surface area contributed by atoms with Crippen molar-refractivity contribution in [2.45, 2.75) is 24.3 Å². The lowest BCUT2D eigenvalue weighted by Gasteiger charge is -2.14. The maximum absolute atomic E-state index is 12.7. The molecule has 1 fully saturated rings. The van der Waals surface area contributed by atoms with Crippen molar-refractivity contribution in [3.63, 3.8) is 0 Å². The predicted molar refractivity (Wildman–Crippen MR) is 98.3 cm³/mol. The number of ether oxygens (including phenoxy) is 3. The topological polar surface area (TPSA) is 86.8 Å². The van der Waals surface area contributed by atoms with Crippen LogP contribution in [0.15, 0.2) is 41.6 Å². The van der Waals surface area contributed by atoms with Crippen molar-refractivity contribution in [3.05, 3.63) is 47.8 Å². The fourth-order valence-electron chi connectivity index (χ4n) is 3.19. The summed E-state index contributed by atoms with van der Waals surface area (Å²) in [6, 6.07) is 6.71. The zero-order valence-corrected chi connectivity index (χ0v) is 15.7. The van der Waals surface area contributed by atoms with Gasteiger partial charge in [-0.05, 0) is 36.2 Å². The van der Waals surface area contributed by atoms with Gasteiger partial charge in [-0.1, -0.05) is 0 Å². The number of hydrogen-bond donors (Lipinski definition) is 1. The van der Waals surface area contributed by atoms with E-state index in [2.05, 4.69) is 9.71 Å². The van der Waals surface area contributed by atoms with Gasteiger partial charge in [0.2, 0.25) is 10.0 Å². The first kappa shape index (κ1) is 18.2. The zero-order chi connectivity index (χ0) is 18.7. The van der Waals surface area contributed by atoms with Gasteiger partial charge in [0.25, 0.3) is 0 Å². The Morgan fingerprint density at radius 3 is 3.04 bits per heavy atom. The second-order valence-corrected chi connectivity index (χ2v) is 8.48. The molecule has 1 saturated heterocycles. The number of rotatable bonds is 7. The minimum absolute atomic E-state index is 0.134. The summed E-state index contributed by atoms with van der Waals surface area (Å²) < 4.78 is 44.6. The molecular formula is C19H22N2O5S. The Balaban J connectivity index is 1.43. The van der Waals surface area contributed by atoms with Crippen LogP contribution in [0.4, 0.5) is 0 Å². The van der Waals surface area contributed by atoms with Gasteiger partial charge in [0.1, 0.15) is 11.5 Å². The predicted octanol–water partition coefficient (Wildman–Crippen LogP) is 1.91. The van der Waals surface area contributed by atoms with Crippen molar-refractivity contribution >= 4 is 10.0 Å². The van der Waals surface area contributed by atoms with Crippen molar-refractivity contribution in [1.82, 2.24) is 9.71 Å². The summed E-state index contributed by atoms with van der Waals surface area (Å²) in [5.74, 6) is 1.72. The number of aromatic nitrogens is 1. The molecule has 2 aromatic rings. The van der Waals surface area contributed by atoms with Crippen LogP contribution in [0, 0.1) is 5.92 Å². The van der Waals surface area contributed by atoms with Gasteiger partial charge in [-0.15, -0.1) is 0 Å². The zero-order valence-electron chi connectivity index (χ0n) is 14.9. The van der Waals surface area contributed by atoms with E-state index in [-0.39, 0.29) is 11.4 Å². The van der Waals surface area contributed by atoms with Crippen molar-refractivity contribution in [3.8, 4) is 11.5 Å². The SMILES string of the molecule is O=S(=O)(NCc1ccncc1OCC1CCOC1)c1ccc2c(c1)CCO2. The lowest BCUT2D eigenvalue weighted by atomic mass is 10.1. The van der Waals surface area contributed by atoms with Crippen molar-refractivity contribution < 1.29 is 22.6 Å². The van der Waals surface area contributed by atoms with E-state index in [0.717, 1.165) is 36.3 Å². The maximum atomic E-state index is 12.7. The minimum atomic E-state index is -3.63. The molecule has 2 aliphatic rings. The molecule has 1 atom stereocenters. The molecule has 7 nitrogen and oxygen atoms in total. The van der Waals surface area contributed by atoms with Gasteiger partial charge in [-0.25, -0.2) is 13.1 Å². The molecule has 8 heteroatoms. The third kappa shape index (κ3) is 4.23. The number of benzene rings is 1. The van der Waals surface area contributed by atoms with Crippen LogP contribution >= 0.6 is 0 Å². The molecular weight excluding hydrogens is 368 g/mol. The number of fused-ring (bicyclic) bond motifs is 1. The van der Waals surface area contributed by atoms with Crippen LogP contribution in [0.1, 0.15) is 17.5 Å². The Hall–Kier alpha value is -2.16. The van der Waals surface area contributed by atoms with E-state index in [4.69, 9.17) is 14.2 Å². The Kier molecular flexibility index (Phi) is 5.29. The summed E-state index contributed by atoms with van der Waals surface area (Å²) in [7, 11) is -3.63. The fourth-order valence-corrected chi connectivity index (χ4v) is 4.25. The van der Waals surface area contributed by atoms with Crippen molar-refractivity contribution in [2.24, 2.45) is 5.92 Å². The van der Waals surface area contributed by atoms with E-state index >= 15 is 0 Å². The molecule has 0 aliphatic carbocycles. The van der Waals surface area contributed by atoms with Crippen LogP contribution in [0.5, 0.6) is 11.5 Å². The summed E-state index contributed by atoms with van der Waals surface area (Å²) in [5, 5.41) is 0. The average Bonchev–Trinajstić information content (AvgIpc) is 3.36. The molecule has 0 spiro atoms. The largest absolute Gasteiger partial charge is 0.493 e. The molecule has 1 aromatic carbocycles. The van der Waals surface area contributed by atoms with Gasteiger partial charge in [-0.2, -0.15) is 0 Å². The Labute approximate surface area is 158 Å². The van der Waals surface area contributed by atoms with Gasteiger partial charge in [-0.3, -0.25) is 4.98 Å². The van der Waals surface area contributed by atoms with Crippen LogP contribution in [-0.4, -0.2) is 39.8 Å². The van der Waals surface area contributed by atoms with Crippen molar-refractivity contribution in [2.75, 3.05) is 26.4 Å². The molecule has 4 rings (SSSR count). The highest BCUT2D eigenvalue weighted by Crippen LogP contribution is 2.28. The molecule has 1 aromatic heterocycles. The van der Waals surface area contributed by atoms with E-state index < -0.39 is 10.0 Å². The smallest absolute Gasteiger partial charge is 0.240 e. The molecule has 1 unspecified atom stereocenters. The van der Waals surface area contributed by atoms with Crippen molar-refractivity contribution in [1.29, 1.82) is 0 Å². The molecule has 2 aliphatic heterocycles. The minimum Gasteiger partial charge on any atom is -0.493 e. The van der Waals surface area contributed by atoms with Crippen LogP contribution in [0.25, 0.3) is 0 Å². The van der Waals surface area contributed by atoms with Crippen LogP contribution < -0.4 is 14.2 Å². The molecule has 0 saturated carbocycles. The summed E-state index contributed by atoms with van der Waals surface area (Å²) in [6.45, 7) is 2.73. The van der Waals surface area contributed by atoms with Crippen LogP contribution in [0.3, 0.4) is 0 Å². The molecule has 1 N–H and O–H groups in total. The summed E-state index contributed by atoms with van der Waals surface area (Å²) in [5.41, 5.74) is 1.67. The van der Waals surface area contributed by atoms with E-state index in [1.807, 2.05) is 0 Å². The lowest BCUT2D eigenvalue weighted by Crippen LogP contribution is -2.24. The monoisotopic (exact) mass is 390 g/mol. The molecule has 0 amide bonds. The molecule has 0 bridgehead atoms. The van der Waals surface area contributed by atoms with Crippen LogP contribution in [-0.2, 0) is 27.7 Å². The summed E-state index contributed by atoms with van der Waals surface area (Å²) >= 11 is 0. The number of hydrogen-bond acceptors (Lipinski definition) is 6. The third-order valence-electron chi connectivity index (χ3n) is 4.79. The first-order valence-corrected chi connectivity index (χ1v) is 10.5. The highest BCUT2D eigenvalue weighted by Gasteiger charge is 2.20. The van der Waals surface area contributed by atoms with E-state index in [1.165, 1.54) is 0 Å². The number of nitrogens with one attached hydrogen (secondary N) is 1. The van der Waals surface area contributed by atoms with E-state index in [9.17, 15) is 8.42 Å². The van der Waals surface area contributed by atoms with E-state index in [0.29, 0.717) is 31.5 Å². The number of sulfonamides is 1. The third-order valence-corrected chi connectivity index (χ3v) is 6.19. The molecule has 0 radical (unpaired) electrons. The Morgan fingerprint density at radius 1 is 1.26 bits per heavy atom. The lowest BCUT2D eigenvalue weighted by molar-refractivity contribution is 0.166. The highest BCUT2D eigenvalue weighted by molar-refractivity contribution is 7.89. The first-order valence-electron chi connectivity index (χ1n) is 9.01. The van der Waals surface area contributed by atoms with Gasteiger partial charge < -0.3 is 14.2 Å². The number of nitrogens with zero attached hydrogens (tertiary/aromatic N) is 1. The average molecular weight is 390 g/mol. The molecule has 27 heavy (non-hydrogen) atoms. The standard InChI is InChI=1S/C19H22N2O5S/c22-27(23,17-1-2-18-15(9-17)5-8-25-18)21-10-16-3-6-20-11-19(16)26-13-14-4-7-24-12-14/h1-3,6,9,11,14,21H,4-5,7-8,10,12-13H2. The van der Waals surface area contributed by atoms with E-state index in [1.54, 1.807) is 36.7 Å². The summed E-state index contributed by atoms with van der Waals surface area (Å²) in [6.07, 6.45) is 4.95. The highest BCUT2D eigenvalue weighted by atomic mass is 32.2. The number of pyridine rings is 1. The Morgan fingerprint density at radius 2 is 2.19 bits per heavy atom. The normalized spacial score (nSPS) is 18.9. The molecule has 144 valence electrons. The molecule has 3 heterocycles. The maximum Gasteiger partial charge on any atom is 0.240 e.